The van der Waals surface area contributed by atoms with Crippen molar-refractivity contribution in [3.8, 4) is 33.4 Å². The zero-order valence-corrected chi connectivity index (χ0v) is 31.1. The van der Waals surface area contributed by atoms with E-state index in [2.05, 4.69) is 123 Å². The molecule has 8 aromatic carbocycles. The van der Waals surface area contributed by atoms with Crippen LogP contribution in [0.15, 0.2) is 186 Å². The highest BCUT2D eigenvalue weighted by atomic mass is 32.1. The Hall–Kier alpha value is -6.29. The summed E-state index contributed by atoms with van der Waals surface area (Å²) in [5.74, 6) is 0. The van der Waals surface area contributed by atoms with Crippen molar-refractivity contribution < 1.29 is 0 Å². The molecule has 1 N–H and O–H groups in total. The Morgan fingerprint density at radius 2 is 1.20 bits per heavy atom. The Morgan fingerprint density at radius 3 is 1.96 bits per heavy atom. The van der Waals surface area contributed by atoms with Crippen LogP contribution in [-0.4, -0.2) is 11.9 Å². The van der Waals surface area contributed by atoms with Crippen molar-refractivity contribution in [3.05, 3.63) is 204 Å². The summed E-state index contributed by atoms with van der Waals surface area (Å²) in [5.41, 5.74) is 13.6. The lowest BCUT2D eigenvalue weighted by Crippen LogP contribution is -2.16. The third-order valence-corrected chi connectivity index (χ3v) is 11.3. The highest BCUT2D eigenvalue weighted by Crippen LogP contribution is 2.53. The Morgan fingerprint density at radius 1 is 0.556 bits per heavy atom. The predicted octanol–water partition coefficient (Wildman–Crippen LogP) is 13.5. The van der Waals surface area contributed by atoms with Gasteiger partial charge in [-0.1, -0.05) is 159 Å². The van der Waals surface area contributed by atoms with E-state index in [4.69, 9.17) is 23.0 Å². The molecule has 0 saturated heterocycles. The van der Waals surface area contributed by atoms with E-state index in [0.29, 0.717) is 11.4 Å². The fourth-order valence-electron chi connectivity index (χ4n) is 8.18. The second-order valence-electron chi connectivity index (χ2n) is 14.5. The van der Waals surface area contributed by atoms with Gasteiger partial charge in [0, 0.05) is 27.7 Å². The molecule has 8 aromatic rings. The van der Waals surface area contributed by atoms with Gasteiger partial charge in [-0.3, -0.25) is 4.99 Å². The second kappa shape index (κ2) is 13.6. The summed E-state index contributed by atoms with van der Waals surface area (Å²) in [6.45, 7) is 4.73. The Labute approximate surface area is 322 Å². The summed E-state index contributed by atoms with van der Waals surface area (Å²) in [6.07, 6.45) is 3.81. The number of allylic oxidation sites excluding steroid dienone is 1. The SMILES string of the molecule is CC1(C)c2cc3ccccc3cc2-c2cccc(-c3ccc(C=N/C(=C\C(=N)c4ccccc4)c4ccc(S)c(-c5ccccc5)c4)c4ccccc34)c21. The van der Waals surface area contributed by atoms with Gasteiger partial charge < -0.3 is 5.41 Å². The number of fused-ring (bicyclic) bond motifs is 5. The van der Waals surface area contributed by atoms with Gasteiger partial charge in [-0.25, -0.2) is 0 Å². The topological polar surface area (TPSA) is 36.2 Å². The summed E-state index contributed by atoms with van der Waals surface area (Å²) in [6, 6.07) is 59.6. The van der Waals surface area contributed by atoms with E-state index < -0.39 is 0 Å². The molecule has 0 spiro atoms. The molecular weight excluding hydrogens is 673 g/mol. The average Bonchev–Trinajstić information content (AvgIpc) is 3.44. The quantitative estimate of drug-likeness (QED) is 0.122. The van der Waals surface area contributed by atoms with Crippen LogP contribution in [-0.2, 0) is 5.41 Å². The fraction of sp³-hybridized carbons (Fsp3) is 0.0588. The van der Waals surface area contributed by atoms with Crippen LogP contribution in [0.5, 0.6) is 0 Å². The first-order valence-electron chi connectivity index (χ1n) is 18.3. The molecule has 2 nitrogen and oxygen atoms in total. The Kier molecular flexibility index (Phi) is 8.45. The van der Waals surface area contributed by atoms with Crippen LogP contribution < -0.4 is 0 Å². The van der Waals surface area contributed by atoms with E-state index in [9.17, 15) is 0 Å². The third kappa shape index (κ3) is 5.88. The molecule has 9 rings (SSSR count). The first-order valence-corrected chi connectivity index (χ1v) is 18.8. The molecule has 0 amide bonds. The molecule has 0 heterocycles. The molecule has 3 heteroatoms. The van der Waals surface area contributed by atoms with Crippen LogP contribution in [0.25, 0.3) is 60.6 Å². The minimum Gasteiger partial charge on any atom is -0.300 e. The lowest BCUT2D eigenvalue weighted by atomic mass is 9.78. The fourth-order valence-corrected chi connectivity index (χ4v) is 8.44. The van der Waals surface area contributed by atoms with Crippen LogP contribution in [0, 0.1) is 5.41 Å². The molecule has 1 aliphatic rings. The van der Waals surface area contributed by atoms with E-state index in [-0.39, 0.29) is 5.41 Å². The smallest absolute Gasteiger partial charge is 0.0723 e. The lowest BCUT2D eigenvalue weighted by molar-refractivity contribution is 0.663. The van der Waals surface area contributed by atoms with Gasteiger partial charge in [-0.05, 0) is 102 Å². The van der Waals surface area contributed by atoms with Crippen LogP contribution >= 0.6 is 12.6 Å². The minimum absolute atomic E-state index is 0.170. The Bertz CT molecular complexity index is 2810. The Balaban J connectivity index is 1.16. The normalized spacial score (nSPS) is 13.4. The molecule has 0 saturated carbocycles. The molecule has 0 atom stereocenters. The number of nitrogens with zero attached hydrogens (tertiary/aromatic N) is 1. The zero-order valence-electron chi connectivity index (χ0n) is 30.2. The van der Waals surface area contributed by atoms with Gasteiger partial charge in [0.2, 0.25) is 0 Å². The van der Waals surface area contributed by atoms with Gasteiger partial charge in [0.15, 0.2) is 0 Å². The molecule has 258 valence electrons. The molecule has 0 fully saturated rings. The van der Waals surface area contributed by atoms with Crippen LogP contribution in [0.1, 0.15) is 41.7 Å². The van der Waals surface area contributed by atoms with Crippen LogP contribution in [0.2, 0.25) is 0 Å². The molecule has 54 heavy (non-hydrogen) atoms. The van der Waals surface area contributed by atoms with Crippen molar-refractivity contribution in [2.24, 2.45) is 4.99 Å². The van der Waals surface area contributed by atoms with Crippen molar-refractivity contribution in [1.29, 1.82) is 5.41 Å². The summed E-state index contributed by atoms with van der Waals surface area (Å²) in [4.78, 5) is 6.04. The number of aliphatic imine (C=N–C) groups is 1. The summed E-state index contributed by atoms with van der Waals surface area (Å²) in [7, 11) is 0. The van der Waals surface area contributed by atoms with Crippen molar-refractivity contribution in [2.45, 2.75) is 24.2 Å². The van der Waals surface area contributed by atoms with Crippen molar-refractivity contribution >= 4 is 51.8 Å². The average molecular weight is 711 g/mol. The van der Waals surface area contributed by atoms with Gasteiger partial charge in [0.1, 0.15) is 0 Å². The van der Waals surface area contributed by atoms with E-state index in [1.807, 2.05) is 73.0 Å². The molecule has 0 bridgehead atoms. The maximum Gasteiger partial charge on any atom is 0.0723 e. The molecule has 1 aliphatic carbocycles. The van der Waals surface area contributed by atoms with Gasteiger partial charge in [-0.15, -0.1) is 12.6 Å². The standard InChI is InChI=1S/C51H38N2S/c1-51(2)46-30-36-19-10-9-18-35(36)28-45(46)43-23-13-22-42(50(43)51)41-26-24-38(39-20-11-12-21-40(39)41)32-53-48(31-47(52)34-16-7-4-8-17-34)37-25-27-49(54)44(29-37)33-14-5-3-6-15-33/h3-32,52,54H,1-2H3/b48-31-,52-47?,53-32?. The predicted molar refractivity (Wildman–Crippen MR) is 232 cm³/mol. The summed E-state index contributed by atoms with van der Waals surface area (Å²) < 4.78 is 0. The maximum absolute atomic E-state index is 9.02. The lowest BCUT2D eigenvalue weighted by Gasteiger charge is -2.25. The first-order chi connectivity index (χ1) is 26.4. The molecule has 0 aromatic heterocycles. The van der Waals surface area contributed by atoms with E-state index >= 15 is 0 Å². The van der Waals surface area contributed by atoms with Crippen LogP contribution in [0.4, 0.5) is 0 Å². The van der Waals surface area contributed by atoms with E-state index in [0.717, 1.165) is 38.1 Å². The molecule has 0 aliphatic heterocycles. The monoisotopic (exact) mass is 710 g/mol. The van der Waals surface area contributed by atoms with Gasteiger partial charge in [0.25, 0.3) is 0 Å². The number of hydrogen-bond donors (Lipinski definition) is 2. The third-order valence-electron chi connectivity index (χ3n) is 10.9. The highest BCUT2D eigenvalue weighted by molar-refractivity contribution is 7.80. The van der Waals surface area contributed by atoms with E-state index in [1.165, 1.54) is 49.5 Å². The second-order valence-corrected chi connectivity index (χ2v) is 15.0. The minimum atomic E-state index is -0.170. The number of benzene rings is 8. The van der Waals surface area contributed by atoms with Gasteiger partial charge in [0.05, 0.1) is 11.4 Å². The number of rotatable bonds is 7. The maximum atomic E-state index is 9.02. The van der Waals surface area contributed by atoms with Crippen molar-refractivity contribution in [2.75, 3.05) is 0 Å². The number of nitrogens with one attached hydrogen (secondary N) is 1. The van der Waals surface area contributed by atoms with E-state index in [1.54, 1.807) is 0 Å². The first kappa shape index (κ1) is 33.5. The van der Waals surface area contributed by atoms with Crippen molar-refractivity contribution in [1.82, 2.24) is 0 Å². The van der Waals surface area contributed by atoms with Gasteiger partial charge >= 0.3 is 0 Å². The largest absolute Gasteiger partial charge is 0.300 e. The zero-order chi connectivity index (χ0) is 36.8. The summed E-state index contributed by atoms with van der Waals surface area (Å²) in [5, 5.41) is 13.9. The van der Waals surface area contributed by atoms with Crippen molar-refractivity contribution in [3.63, 3.8) is 0 Å². The number of hydrogen-bond acceptors (Lipinski definition) is 3. The molecule has 0 unspecified atom stereocenters. The van der Waals surface area contributed by atoms with Crippen LogP contribution in [0.3, 0.4) is 0 Å². The molecule has 0 radical (unpaired) electrons. The molecular formula is C51H38N2S. The number of thiol groups is 1. The van der Waals surface area contributed by atoms with Gasteiger partial charge in [-0.2, -0.15) is 0 Å². The summed E-state index contributed by atoms with van der Waals surface area (Å²) >= 11 is 4.81. The highest BCUT2D eigenvalue weighted by Gasteiger charge is 2.38.